The molecule has 118 valence electrons. The lowest BCUT2D eigenvalue weighted by Gasteiger charge is -2.10. The smallest absolute Gasteiger partial charge is 0.206 e. The lowest BCUT2D eigenvalue weighted by atomic mass is 10.1. The number of ether oxygens (including phenoxy) is 2. The highest BCUT2D eigenvalue weighted by atomic mass is 35.5. The first kappa shape index (κ1) is 15.2. The van der Waals surface area contributed by atoms with Crippen LogP contribution >= 0.6 is 11.6 Å². The molecule has 0 aliphatic heterocycles. The van der Waals surface area contributed by atoms with Gasteiger partial charge in [-0.3, -0.25) is 9.59 Å². The van der Waals surface area contributed by atoms with Crippen LogP contribution < -0.4 is 14.9 Å². The third kappa shape index (κ3) is 2.19. The molecule has 0 radical (unpaired) electrons. The highest BCUT2D eigenvalue weighted by molar-refractivity contribution is 6.49. The van der Waals surface area contributed by atoms with Crippen LogP contribution in [0.4, 0.5) is 0 Å². The molecule has 0 unspecified atom stereocenters. The summed E-state index contributed by atoms with van der Waals surface area (Å²) >= 11 is 5.96. The molecule has 0 amide bonds. The molecule has 6 nitrogen and oxygen atoms in total. The van der Waals surface area contributed by atoms with Crippen LogP contribution in [0.25, 0.3) is 27.0 Å². The minimum atomic E-state index is -0.437. The first-order valence-electron chi connectivity index (χ1n) is 6.52. The summed E-state index contributed by atoms with van der Waals surface area (Å²) in [6, 6.07) is 1.66. The van der Waals surface area contributed by atoms with E-state index in [4.69, 9.17) is 29.9 Å². The largest absolute Gasteiger partial charge is 0.495 e. The molecule has 0 atom stereocenters. The van der Waals surface area contributed by atoms with E-state index < -0.39 is 5.43 Å². The highest BCUT2D eigenvalue weighted by Crippen LogP contribution is 2.42. The zero-order chi connectivity index (χ0) is 16.6. The van der Waals surface area contributed by atoms with E-state index in [0.29, 0.717) is 17.3 Å². The zero-order valence-electron chi connectivity index (χ0n) is 12.2. The van der Waals surface area contributed by atoms with E-state index in [0.717, 1.165) is 6.08 Å². The molecule has 0 aliphatic carbocycles. The molecule has 7 heteroatoms. The van der Waals surface area contributed by atoms with Gasteiger partial charge in [0.1, 0.15) is 23.7 Å². The summed E-state index contributed by atoms with van der Waals surface area (Å²) in [5.41, 5.74) is 0.195. The van der Waals surface area contributed by atoms with E-state index in [1.165, 1.54) is 26.7 Å². The minimum absolute atomic E-state index is 0.0241. The van der Waals surface area contributed by atoms with Crippen molar-refractivity contribution in [3.05, 3.63) is 40.5 Å². The molecule has 0 saturated carbocycles. The van der Waals surface area contributed by atoms with Gasteiger partial charge < -0.3 is 18.3 Å². The number of furan rings is 1. The fourth-order valence-corrected chi connectivity index (χ4v) is 2.64. The molecule has 0 N–H and O–H groups in total. The monoisotopic (exact) mass is 334 g/mol. The summed E-state index contributed by atoms with van der Waals surface area (Å²) in [5, 5.41) is 0.703. The highest BCUT2D eigenvalue weighted by Gasteiger charge is 2.23. The second-order valence-electron chi connectivity index (χ2n) is 4.56. The second-order valence-corrected chi connectivity index (χ2v) is 4.97. The van der Waals surface area contributed by atoms with Gasteiger partial charge in [0.15, 0.2) is 11.2 Å². The summed E-state index contributed by atoms with van der Waals surface area (Å²) in [6.45, 7) is 0. The zero-order valence-corrected chi connectivity index (χ0v) is 13.0. The maximum Gasteiger partial charge on any atom is 0.206 e. The fourth-order valence-electron chi connectivity index (χ4n) is 2.45. The fraction of sp³-hybridized carbons (Fsp3) is 0.125. The lowest BCUT2D eigenvalue weighted by molar-refractivity contribution is -0.104. The van der Waals surface area contributed by atoms with Crippen molar-refractivity contribution in [3.8, 4) is 11.5 Å². The van der Waals surface area contributed by atoms with Crippen LogP contribution in [0.2, 0.25) is 0 Å². The Morgan fingerprint density at radius 1 is 1.17 bits per heavy atom. The van der Waals surface area contributed by atoms with E-state index in [9.17, 15) is 9.59 Å². The van der Waals surface area contributed by atoms with Gasteiger partial charge in [0.25, 0.3) is 0 Å². The summed E-state index contributed by atoms with van der Waals surface area (Å²) in [5.74, 6) is 0.565. The number of methoxy groups -OCH3 is 2. The van der Waals surface area contributed by atoms with E-state index in [1.807, 2.05) is 0 Å². The van der Waals surface area contributed by atoms with Crippen molar-refractivity contribution in [2.75, 3.05) is 14.2 Å². The standard InChI is InChI=1S/C16H11ClO6/c1-20-13-8-4-6-22-14(8)16(21-2)15-11(13)12(19)9(7-23-15)10(17)3-5-18/h3-7H,1-2H3/b10-3-. The van der Waals surface area contributed by atoms with Gasteiger partial charge in [0.2, 0.25) is 11.2 Å². The van der Waals surface area contributed by atoms with Gasteiger partial charge in [0.05, 0.1) is 36.5 Å². The van der Waals surface area contributed by atoms with Crippen molar-refractivity contribution in [3.63, 3.8) is 0 Å². The maximum atomic E-state index is 12.8. The van der Waals surface area contributed by atoms with Crippen molar-refractivity contribution in [2.45, 2.75) is 0 Å². The predicted molar refractivity (Wildman–Crippen MR) is 85.3 cm³/mol. The number of carbonyl (C=O) groups excluding carboxylic acids is 1. The average Bonchev–Trinajstić information content (AvgIpc) is 3.02. The van der Waals surface area contributed by atoms with Crippen LogP contribution in [0, 0.1) is 0 Å². The molecular weight excluding hydrogens is 324 g/mol. The van der Waals surface area contributed by atoms with Crippen molar-refractivity contribution in [1.82, 2.24) is 0 Å². The predicted octanol–water partition coefficient (Wildman–Crippen LogP) is 3.34. The third-order valence-electron chi connectivity index (χ3n) is 3.42. The average molecular weight is 335 g/mol. The number of hydrogen-bond donors (Lipinski definition) is 0. The number of rotatable bonds is 4. The van der Waals surface area contributed by atoms with E-state index in [-0.39, 0.29) is 33.1 Å². The van der Waals surface area contributed by atoms with Crippen molar-refractivity contribution < 1.29 is 23.1 Å². The minimum Gasteiger partial charge on any atom is -0.495 e. The van der Waals surface area contributed by atoms with Crippen LogP contribution in [0.5, 0.6) is 11.5 Å². The quantitative estimate of drug-likeness (QED) is 0.538. The van der Waals surface area contributed by atoms with Crippen LogP contribution in [0.3, 0.4) is 0 Å². The summed E-state index contributed by atoms with van der Waals surface area (Å²) < 4.78 is 21.6. The molecular formula is C16H11ClO6. The van der Waals surface area contributed by atoms with Crippen molar-refractivity contribution >= 4 is 44.9 Å². The van der Waals surface area contributed by atoms with Crippen LogP contribution in [0.15, 0.2) is 38.3 Å². The normalized spacial score (nSPS) is 11.9. The lowest BCUT2D eigenvalue weighted by Crippen LogP contribution is -2.09. The molecule has 0 fully saturated rings. The SMILES string of the molecule is COc1c2occc2c(OC)c2c(=O)c(/C(Cl)=C/C=O)coc12. The Hall–Kier alpha value is -2.73. The number of benzene rings is 1. The third-order valence-corrected chi connectivity index (χ3v) is 3.75. The number of carbonyl (C=O) groups is 1. The molecule has 1 aromatic carbocycles. The van der Waals surface area contributed by atoms with Crippen LogP contribution in [-0.4, -0.2) is 20.5 Å². The molecule has 0 bridgehead atoms. The second kappa shape index (κ2) is 5.81. The Kier molecular flexibility index (Phi) is 3.83. The Labute approximate surface area is 134 Å². The topological polar surface area (TPSA) is 78.9 Å². The number of allylic oxidation sites excluding steroid dienone is 1. The summed E-state index contributed by atoms with van der Waals surface area (Å²) in [4.78, 5) is 23.4. The molecule has 0 saturated heterocycles. The number of aldehydes is 1. The Morgan fingerprint density at radius 3 is 2.57 bits per heavy atom. The molecule has 3 rings (SSSR count). The molecule has 2 aromatic heterocycles. The van der Waals surface area contributed by atoms with E-state index >= 15 is 0 Å². The van der Waals surface area contributed by atoms with Gasteiger partial charge in [-0.1, -0.05) is 11.6 Å². The first-order chi connectivity index (χ1) is 11.1. The van der Waals surface area contributed by atoms with Gasteiger partial charge in [-0.15, -0.1) is 0 Å². The van der Waals surface area contributed by atoms with E-state index in [1.54, 1.807) is 6.07 Å². The van der Waals surface area contributed by atoms with Gasteiger partial charge in [-0.25, -0.2) is 0 Å². The van der Waals surface area contributed by atoms with Crippen LogP contribution in [-0.2, 0) is 4.79 Å². The molecule has 23 heavy (non-hydrogen) atoms. The van der Waals surface area contributed by atoms with Gasteiger partial charge in [0, 0.05) is 0 Å². The van der Waals surface area contributed by atoms with Gasteiger partial charge in [-0.2, -0.15) is 0 Å². The van der Waals surface area contributed by atoms with Crippen molar-refractivity contribution in [2.24, 2.45) is 0 Å². The van der Waals surface area contributed by atoms with Crippen LogP contribution in [0.1, 0.15) is 5.56 Å². The van der Waals surface area contributed by atoms with Gasteiger partial charge >= 0.3 is 0 Å². The molecule has 0 aliphatic rings. The molecule has 0 spiro atoms. The van der Waals surface area contributed by atoms with Crippen molar-refractivity contribution in [1.29, 1.82) is 0 Å². The van der Waals surface area contributed by atoms with E-state index in [2.05, 4.69) is 0 Å². The Morgan fingerprint density at radius 2 is 1.91 bits per heavy atom. The summed E-state index contributed by atoms with van der Waals surface area (Å²) in [7, 11) is 2.87. The summed E-state index contributed by atoms with van der Waals surface area (Å²) in [6.07, 6.45) is 4.19. The molecule has 2 heterocycles. The number of fused-ring (bicyclic) bond motifs is 2. The van der Waals surface area contributed by atoms with Gasteiger partial charge in [-0.05, 0) is 12.1 Å². The maximum absolute atomic E-state index is 12.8. The Bertz CT molecular complexity index is 995. The Balaban J connectivity index is 2.54. The molecule has 3 aromatic rings. The first-order valence-corrected chi connectivity index (χ1v) is 6.89. The number of halogens is 1. The number of hydrogen-bond acceptors (Lipinski definition) is 6.